The zero-order valence-electron chi connectivity index (χ0n) is 14.4. The van der Waals surface area contributed by atoms with Gasteiger partial charge in [-0.1, -0.05) is 13.8 Å². The quantitative estimate of drug-likeness (QED) is 0.881. The van der Waals surface area contributed by atoms with E-state index >= 15 is 0 Å². The van der Waals surface area contributed by atoms with E-state index in [1.54, 1.807) is 0 Å². The van der Waals surface area contributed by atoms with Crippen molar-refractivity contribution in [2.75, 3.05) is 38.2 Å². The minimum atomic E-state index is 0.104. The highest BCUT2D eigenvalue weighted by Gasteiger charge is 2.19. The summed E-state index contributed by atoms with van der Waals surface area (Å²) >= 11 is 0. The first kappa shape index (κ1) is 16.4. The fourth-order valence-electron chi connectivity index (χ4n) is 2.82. The SMILES string of the molecule is Cc1cc(C)c2c(N)nc(NCC(C)(C)CN(C)C)nc2n1. The predicted octanol–water partition coefficient (Wildman–Crippen LogP) is 2.22. The number of hydrogen-bond donors (Lipinski definition) is 2. The first-order valence-corrected chi connectivity index (χ1v) is 7.48. The summed E-state index contributed by atoms with van der Waals surface area (Å²) < 4.78 is 0. The van der Waals surface area contributed by atoms with Crippen LogP contribution in [0.1, 0.15) is 25.1 Å². The lowest BCUT2D eigenvalue weighted by Crippen LogP contribution is -2.34. The van der Waals surface area contributed by atoms with Crippen LogP contribution in [0.15, 0.2) is 6.07 Å². The average molecular weight is 302 g/mol. The number of nitrogens with zero attached hydrogens (tertiary/aromatic N) is 4. The van der Waals surface area contributed by atoms with Crippen molar-refractivity contribution in [3.05, 3.63) is 17.3 Å². The molecule has 0 atom stereocenters. The van der Waals surface area contributed by atoms with Gasteiger partial charge in [-0.15, -0.1) is 0 Å². The molecule has 22 heavy (non-hydrogen) atoms. The molecule has 0 aromatic carbocycles. The van der Waals surface area contributed by atoms with Gasteiger partial charge >= 0.3 is 0 Å². The van der Waals surface area contributed by atoms with E-state index in [2.05, 4.69) is 53.1 Å². The number of nitrogen functional groups attached to an aromatic ring is 1. The summed E-state index contributed by atoms with van der Waals surface area (Å²) in [4.78, 5) is 15.5. The van der Waals surface area contributed by atoms with Crippen molar-refractivity contribution in [1.82, 2.24) is 19.9 Å². The average Bonchev–Trinajstić information content (AvgIpc) is 2.33. The Labute approximate surface area is 132 Å². The maximum atomic E-state index is 6.09. The van der Waals surface area contributed by atoms with Gasteiger partial charge in [0.15, 0.2) is 5.65 Å². The van der Waals surface area contributed by atoms with Crippen LogP contribution in [-0.4, -0.2) is 47.0 Å². The van der Waals surface area contributed by atoms with Gasteiger partial charge in [0, 0.05) is 18.8 Å². The molecule has 0 bridgehead atoms. The monoisotopic (exact) mass is 302 g/mol. The molecule has 3 N–H and O–H groups in total. The second-order valence-corrected chi connectivity index (χ2v) is 6.97. The van der Waals surface area contributed by atoms with Gasteiger partial charge in [0.25, 0.3) is 0 Å². The topological polar surface area (TPSA) is 80.0 Å². The van der Waals surface area contributed by atoms with Gasteiger partial charge in [0.2, 0.25) is 5.95 Å². The number of anilines is 2. The van der Waals surface area contributed by atoms with Crippen LogP contribution in [0.25, 0.3) is 11.0 Å². The highest BCUT2D eigenvalue weighted by Crippen LogP contribution is 2.23. The van der Waals surface area contributed by atoms with Crippen molar-refractivity contribution < 1.29 is 0 Å². The molecule has 2 aromatic heterocycles. The van der Waals surface area contributed by atoms with Crippen molar-refractivity contribution in [1.29, 1.82) is 0 Å². The highest BCUT2D eigenvalue weighted by molar-refractivity contribution is 5.89. The lowest BCUT2D eigenvalue weighted by molar-refractivity contribution is 0.254. The molecule has 0 aliphatic carbocycles. The van der Waals surface area contributed by atoms with Crippen molar-refractivity contribution in [2.24, 2.45) is 5.41 Å². The highest BCUT2D eigenvalue weighted by atomic mass is 15.1. The molecule has 6 heteroatoms. The molecular weight excluding hydrogens is 276 g/mol. The predicted molar refractivity (Wildman–Crippen MR) is 92.0 cm³/mol. The number of nitrogens with two attached hydrogens (primary N) is 1. The molecule has 0 amide bonds. The zero-order chi connectivity index (χ0) is 16.5. The van der Waals surface area contributed by atoms with Crippen LogP contribution < -0.4 is 11.1 Å². The Hall–Kier alpha value is -1.95. The first-order valence-electron chi connectivity index (χ1n) is 7.48. The molecule has 0 spiro atoms. The number of fused-ring (bicyclic) bond motifs is 1. The fourth-order valence-corrected chi connectivity index (χ4v) is 2.82. The third-order valence-corrected chi connectivity index (χ3v) is 3.49. The van der Waals surface area contributed by atoms with E-state index in [1.807, 2.05) is 19.9 Å². The maximum Gasteiger partial charge on any atom is 0.226 e. The van der Waals surface area contributed by atoms with E-state index in [-0.39, 0.29) is 5.41 Å². The lowest BCUT2D eigenvalue weighted by Gasteiger charge is -2.28. The number of hydrogen-bond acceptors (Lipinski definition) is 6. The summed E-state index contributed by atoms with van der Waals surface area (Å²) in [7, 11) is 4.14. The lowest BCUT2D eigenvalue weighted by atomic mass is 9.93. The smallest absolute Gasteiger partial charge is 0.226 e. The zero-order valence-corrected chi connectivity index (χ0v) is 14.4. The molecule has 6 nitrogen and oxygen atoms in total. The molecular formula is C16H26N6. The molecule has 0 saturated heterocycles. The summed E-state index contributed by atoms with van der Waals surface area (Å²) in [6.45, 7) is 10.1. The van der Waals surface area contributed by atoms with Gasteiger partial charge in [-0.3, -0.25) is 0 Å². The molecule has 120 valence electrons. The standard InChI is InChI=1S/C16H26N6/c1-10-7-11(2)19-14-12(10)13(17)20-15(21-14)18-8-16(3,4)9-22(5)6/h7H,8-9H2,1-6H3,(H3,17,18,19,20,21). The maximum absolute atomic E-state index is 6.09. The van der Waals surface area contributed by atoms with Gasteiger partial charge in [-0.25, -0.2) is 4.98 Å². The Morgan fingerprint density at radius 2 is 1.86 bits per heavy atom. The molecule has 0 radical (unpaired) electrons. The van der Waals surface area contributed by atoms with Crippen LogP contribution in [-0.2, 0) is 0 Å². The summed E-state index contributed by atoms with van der Waals surface area (Å²) in [6, 6.07) is 2.00. The van der Waals surface area contributed by atoms with E-state index in [0.717, 1.165) is 29.7 Å². The minimum Gasteiger partial charge on any atom is -0.383 e. The first-order chi connectivity index (χ1) is 10.2. The normalized spacial score (nSPS) is 12.1. The van der Waals surface area contributed by atoms with Crippen LogP contribution in [0, 0.1) is 19.3 Å². The second kappa shape index (κ2) is 6.04. The number of rotatable bonds is 5. The third kappa shape index (κ3) is 3.82. The van der Waals surface area contributed by atoms with E-state index < -0.39 is 0 Å². The summed E-state index contributed by atoms with van der Waals surface area (Å²) in [5.74, 6) is 1.01. The van der Waals surface area contributed by atoms with Crippen LogP contribution in [0.3, 0.4) is 0 Å². The summed E-state index contributed by atoms with van der Waals surface area (Å²) in [6.07, 6.45) is 0. The molecule has 0 unspecified atom stereocenters. The molecule has 2 heterocycles. The molecule has 2 aromatic rings. The number of nitrogens with one attached hydrogen (secondary N) is 1. The summed E-state index contributed by atoms with van der Waals surface area (Å²) in [5.41, 5.74) is 8.83. The minimum absolute atomic E-state index is 0.104. The van der Waals surface area contributed by atoms with Crippen LogP contribution in [0.5, 0.6) is 0 Å². The van der Waals surface area contributed by atoms with Gasteiger partial charge in [0.05, 0.1) is 5.39 Å². The van der Waals surface area contributed by atoms with Crippen molar-refractivity contribution in [3.8, 4) is 0 Å². The molecule has 2 rings (SSSR count). The Kier molecular flexibility index (Phi) is 4.51. The van der Waals surface area contributed by atoms with Crippen molar-refractivity contribution in [3.63, 3.8) is 0 Å². The number of aryl methyl sites for hydroxylation is 2. The van der Waals surface area contributed by atoms with Gasteiger partial charge in [0.1, 0.15) is 5.82 Å². The Bertz CT molecular complexity index is 678. The Morgan fingerprint density at radius 1 is 1.18 bits per heavy atom. The summed E-state index contributed by atoms with van der Waals surface area (Å²) in [5, 5.41) is 4.13. The molecule has 0 fully saturated rings. The second-order valence-electron chi connectivity index (χ2n) is 6.97. The van der Waals surface area contributed by atoms with E-state index in [1.165, 1.54) is 0 Å². The van der Waals surface area contributed by atoms with E-state index in [4.69, 9.17) is 5.73 Å². The van der Waals surface area contributed by atoms with Crippen LogP contribution in [0.4, 0.5) is 11.8 Å². The largest absolute Gasteiger partial charge is 0.383 e. The number of pyridine rings is 1. The van der Waals surface area contributed by atoms with Crippen molar-refractivity contribution >= 4 is 22.8 Å². The van der Waals surface area contributed by atoms with Crippen LogP contribution in [0.2, 0.25) is 0 Å². The number of aromatic nitrogens is 3. The van der Waals surface area contributed by atoms with Gasteiger partial charge in [-0.2, -0.15) is 9.97 Å². The van der Waals surface area contributed by atoms with Gasteiger partial charge in [-0.05, 0) is 45.0 Å². The third-order valence-electron chi connectivity index (χ3n) is 3.49. The van der Waals surface area contributed by atoms with Crippen LogP contribution >= 0.6 is 0 Å². The van der Waals surface area contributed by atoms with E-state index in [0.29, 0.717) is 17.4 Å². The molecule has 0 aliphatic heterocycles. The molecule has 0 saturated carbocycles. The fraction of sp³-hybridized carbons (Fsp3) is 0.562. The van der Waals surface area contributed by atoms with Crippen molar-refractivity contribution in [2.45, 2.75) is 27.7 Å². The van der Waals surface area contributed by atoms with E-state index in [9.17, 15) is 0 Å². The van der Waals surface area contributed by atoms with Gasteiger partial charge < -0.3 is 16.0 Å². The molecule has 0 aliphatic rings. The Morgan fingerprint density at radius 3 is 2.50 bits per heavy atom. The Balaban J connectivity index is 2.26.